The van der Waals surface area contributed by atoms with Gasteiger partial charge >= 0.3 is 5.97 Å². The Morgan fingerprint density at radius 1 is 1.60 bits per heavy atom. The van der Waals surface area contributed by atoms with Gasteiger partial charge in [-0.3, -0.25) is 9.48 Å². The second-order valence-corrected chi connectivity index (χ2v) is 2.92. The number of aromatic nitrogens is 2. The summed E-state index contributed by atoms with van der Waals surface area (Å²) in [5.41, 5.74) is 0.423. The lowest BCUT2D eigenvalue weighted by Crippen LogP contribution is -2.24. The molecule has 0 radical (unpaired) electrons. The molecule has 15 heavy (non-hydrogen) atoms. The van der Waals surface area contributed by atoms with Crippen LogP contribution in [0.25, 0.3) is 6.08 Å². The van der Waals surface area contributed by atoms with Crippen LogP contribution >= 0.6 is 0 Å². The highest BCUT2D eigenvalue weighted by Gasteiger charge is 2.09. The molecule has 1 aromatic rings. The van der Waals surface area contributed by atoms with Crippen molar-refractivity contribution >= 4 is 18.0 Å². The Bertz CT molecular complexity index is 420. The van der Waals surface area contributed by atoms with Gasteiger partial charge < -0.3 is 10.4 Å². The molecule has 0 unspecified atom stereocenters. The van der Waals surface area contributed by atoms with Gasteiger partial charge in [0.15, 0.2) is 0 Å². The average molecular weight is 209 g/mol. The van der Waals surface area contributed by atoms with E-state index in [0.29, 0.717) is 5.69 Å². The van der Waals surface area contributed by atoms with Gasteiger partial charge in [-0.2, -0.15) is 5.10 Å². The van der Waals surface area contributed by atoms with Crippen molar-refractivity contribution in [2.24, 2.45) is 7.05 Å². The van der Waals surface area contributed by atoms with Crippen LogP contribution in [-0.2, 0) is 16.6 Å². The van der Waals surface area contributed by atoms with Crippen molar-refractivity contribution < 1.29 is 14.7 Å². The lowest BCUT2D eigenvalue weighted by Gasteiger charge is -2.02. The first kappa shape index (κ1) is 11.0. The highest BCUT2D eigenvalue weighted by Crippen LogP contribution is 2.03. The topological polar surface area (TPSA) is 84.2 Å². The first-order valence-corrected chi connectivity index (χ1v) is 4.21. The first-order valence-electron chi connectivity index (χ1n) is 4.21. The molecule has 1 rings (SSSR count). The Morgan fingerprint density at radius 3 is 2.67 bits per heavy atom. The molecule has 0 saturated heterocycles. The average Bonchev–Trinajstić information content (AvgIpc) is 2.50. The second kappa shape index (κ2) is 4.41. The molecular formula is C9H11N3O3. The van der Waals surface area contributed by atoms with Gasteiger partial charge in [0.05, 0.1) is 5.69 Å². The molecule has 0 bridgehead atoms. The zero-order valence-corrected chi connectivity index (χ0v) is 8.39. The van der Waals surface area contributed by atoms with Crippen LogP contribution in [0.3, 0.4) is 0 Å². The maximum Gasteiger partial charge on any atom is 0.352 e. The van der Waals surface area contributed by atoms with Crippen molar-refractivity contribution in [2.45, 2.75) is 6.92 Å². The number of aliphatic carboxylic acids is 1. The Labute approximate surface area is 86.2 Å². The highest BCUT2D eigenvalue weighted by atomic mass is 16.4. The summed E-state index contributed by atoms with van der Waals surface area (Å²) in [6, 6.07) is 1.64. The van der Waals surface area contributed by atoms with E-state index in [0.717, 1.165) is 0 Å². The van der Waals surface area contributed by atoms with Gasteiger partial charge in [0.1, 0.15) is 5.70 Å². The molecular weight excluding hydrogens is 198 g/mol. The van der Waals surface area contributed by atoms with E-state index in [9.17, 15) is 9.59 Å². The fourth-order valence-electron chi connectivity index (χ4n) is 1.01. The van der Waals surface area contributed by atoms with Gasteiger partial charge in [0.25, 0.3) is 0 Å². The summed E-state index contributed by atoms with van der Waals surface area (Å²) in [6.07, 6.45) is 2.88. The number of carboxylic acids is 1. The van der Waals surface area contributed by atoms with E-state index in [4.69, 9.17) is 5.11 Å². The van der Waals surface area contributed by atoms with E-state index < -0.39 is 11.9 Å². The summed E-state index contributed by atoms with van der Waals surface area (Å²) < 4.78 is 1.50. The number of nitrogens with zero attached hydrogens (tertiary/aromatic N) is 2. The molecule has 2 N–H and O–H groups in total. The molecule has 0 aliphatic heterocycles. The normalized spacial score (nSPS) is 11.2. The van der Waals surface area contributed by atoms with Crippen molar-refractivity contribution in [3.8, 4) is 0 Å². The van der Waals surface area contributed by atoms with Gasteiger partial charge in [-0.25, -0.2) is 4.79 Å². The largest absolute Gasteiger partial charge is 0.477 e. The van der Waals surface area contributed by atoms with E-state index >= 15 is 0 Å². The lowest BCUT2D eigenvalue weighted by atomic mass is 10.3. The number of amides is 1. The van der Waals surface area contributed by atoms with Crippen LogP contribution in [-0.4, -0.2) is 26.8 Å². The molecule has 0 saturated carbocycles. The molecule has 0 fully saturated rings. The van der Waals surface area contributed by atoms with E-state index in [2.05, 4.69) is 10.4 Å². The molecule has 0 atom stereocenters. The number of carbonyl (C=O) groups excluding carboxylic acids is 1. The molecule has 1 heterocycles. The summed E-state index contributed by atoms with van der Waals surface area (Å²) in [5.74, 6) is -1.61. The maximum atomic E-state index is 10.8. The summed E-state index contributed by atoms with van der Waals surface area (Å²) >= 11 is 0. The molecule has 0 aromatic carbocycles. The van der Waals surface area contributed by atoms with Crippen molar-refractivity contribution in [2.75, 3.05) is 0 Å². The van der Waals surface area contributed by atoms with Crippen molar-refractivity contribution in [1.82, 2.24) is 15.1 Å². The number of carboxylic acid groups (broad SMARTS) is 1. The van der Waals surface area contributed by atoms with Crippen LogP contribution in [0.1, 0.15) is 12.6 Å². The third-order valence-electron chi connectivity index (χ3n) is 1.69. The minimum Gasteiger partial charge on any atom is -0.477 e. The third kappa shape index (κ3) is 2.94. The summed E-state index contributed by atoms with van der Waals surface area (Å²) in [6.45, 7) is 1.25. The molecule has 6 nitrogen and oxygen atoms in total. The van der Waals surface area contributed by atoms with Crippen molar-refractivity contribution in [3.05, 3.63) is 23.7 Å². The Balaban J connectivity index is 2.99. The predicted molar refractivity (Wildman–Crippen MR) is 52.6 cm³/mol. The number of nitrogens with one attached hydrogen (secondary N) is 1. The quantitative estimate of drug-likeness (QED) is 0.685. The van der Waals surface area contributed by atoms with Crippen LogP contribution in [0.2, 0.25) is 0 Å². The van der Waals surface area contributed by atoms with Crippen LogP contribution < -0.4 is 5.32 Å². The van der Waals surface area contributed by atoms with Crippen LogP contribution in [0.5, 0.6) is 0 Å². The number of rotatable bonds is 3. The lowest BCUT2D eigenvalue weighted by molar-refractivity contribution is -0.134. The Morgan fingerprint density at radius 2 is 2.27 bits per heavy atom. The summed E-state index contributed by atoms with van der Waals surface area (Å²) in [7, 11) is 1.68. The maximum absolute atomic E-state index is 10.8. The third-order valence-corrected chi connectivity index (χ3v) is 1.69. The molecule has 80 valence electrons. The van der Waals surface area contributed by atoms with Crippen molar-refractivity contribution in [3.63, 3.8) is 0 Å². The van der Waals surface area contributed by atoms with Gasteiger partial charge in [0, 0.05) is 20.2 Å². The zero-order valence-electron chi connectivity index (χ0n) is 8.39. The molecule has 0 spiro atoms. The molecule has 0 aliphatic carbocycles. The van der Waals surface area contributed by atoms with E-state index in [-0.39, 0.29) is 5.70 Å². The molecule has 6 heteroatoms. The van der Waals surface area contributed by atoms with Gasteiger partial charge in [-0.05, 0) is 12.1 Å². The fraction of sp³-hybridized carbons (Fsp3) is 0.222. The fourth-order valence-corrected chi connectivity index (χ4v) is 1.01. The monoisotopic (exact) mass is 209 g/mol. The standard InChI is InChI=1S/C9H11N3O3/c1-6(13)11-8(9(14)15)5-7-3-4-10-12(7)2/h3-5H,1-2H3,(H,11,13)(H,14,15). The van der Waals surface area contributed by atoms with Crippen LogP contribution in [0.4, 0.5) is 0 Å². The Kier molecular flexibility index (Phi) is 3.22. The molecule has 0 aliphatic rings. The minimum atomic E-state index is -1.19. The molecule has 1 amide bonds. The van der Waals surface area contributed by atoms with Crippen LogP contribution in [0.15, 0.2) is 18.0 Å². The summed E-state index contributed by atoms with van der Waals surface area (Å²) in [5, 5.41) is 14.9. The number of aryl methyl sites for hydroxylation is 1. The number of hydrogen-bond acceptors (Lipinski definition) is 3. The van der Waals surface area contributed by atoms with Crippen LogP contribution in [0, 0.1) is 0 Å². The second-order valence-electron chi connectivity index (χ2n) is 2.92. The van der Waals surface area contributed by atoms with Gasteiger partial charge in [-0.1, -0.05) is 0 Å². The summed E-state index contributed by atoms with van der Waals surface area (Å²) in [4.78, 5) is 21.5. The number of carbonyl (C=O) groups is 2. The SMILES string of the molecule is CC(=O)NC(=Cc1ccnn1C)C(=O)O. The Hall–Kier alpha value is -2.11. The number of hydrogen-bond donors (Lipinski definition) is 2. The van der Waals surface area contributed by atoms with Gasteiger partial charge in [0.2, 0.25) is 5.91 Å². The minimum absolute atomic E-state index is 0.175. The first-order chi connectivity index (χ1) is 7.00. The highest BCUT2D eigenvalue weighted by molar-refractivity contribution is 5.96. The zero-order chi connectivity index (χ0) is 11.4. The smallest absolute Gasteiger partial charge is 0.352 e. The molecule has 1 aromatic heterocycles. The van der Waals surface area contributed by atoms with Crippen molar-refractivity contribution in [1.29, 1.82) is 0 Å². The van der Waals surface area contributed by atoms with E-state index in [1.54, 1.807) is 19.3 Å². The van der Waals surface area contributed by atoms with E-state index in [1.165, 1.54) is 17.7 Å². The predicted octanol–water partition coefficient (Wildman–Crippen LogP) is -0.0183. The van der Waals surface area contributed by atoms with E-state index in [1.807, 2.05) is 0 Å². The van der Waals surface area contributed by atoms with Gasteiger partial charge in [-0.15, -0.1) is 0 Å².